The fourth-order valence-corrected chi connectivity index (χ4v) is 3.48. The van der Waals surface area contributed by atoms with Gasteiger partial charge in [-0.25, -0.2) is 0 Å². The molecule has 1 fully saturated rings. The molecule has 128 valence electrons. The number of amides is 1. The number of pyridine rings is 1. The van der Waals surface area contributed by atoms with E-state index in [0.717, 1.165) is 25.1 Å². The lowest BCUT2D eigenvalue weighted by molar-refractivity contribution is 0.0698. The molecule has 0 atom stereocenters. The molecule has 1 aliphatic carbocycles. The summed E-state index contributed by atoms with van der Waals surface area (Å²) in [5.74, 6) is -0.264. The lowest BCUT2D eigenvalue weighted by Crippen LogP contribution is -2.55. The maximum absolute atomic E-state index is 12.5. The van der Waals surface area contributed by atoms with Crippen LogP contribution in [0.25, 0.3) is 0 Å². The first-order valence-corrected chi connectivity index (χ1v) is 8.56. The normalized spacial score (nSPS) is 17.3. The highest BCUT2D eigenvalue weighted by atomic mass is 16.2. The molecular formula is C18H29N3O2. The second-order valence-corrected chi connectivity index (χ2v) is 6.79. The third-order valence-electron chi connectivity index (χ3n) is 5.38. The lowest BCUT2D eigenvalue weighted by atomic mass is 9.80. The molecule has 1 aromatic rings. The van der Waals surface area contributed by atoms with E-state index in [1.165, 1.54) is 25.3 Å². The maximum atomic E-state index is 12.5. The van der Waals surface area contributed by atoms with Crippen molar-refractivity contribution in [3.8, 4) is 0 Å². The number of hydrogen-bond donors (Lipinski definition) is 1. The van der Waals surface area contributed by atoms with Gasteiger partial charge in [0, 0.05) is 37.1 Å². The molecule has 0 bridgehead atoms. The molecule has 1 N–H and O–H groups in total. The molecule has 0 unspecified atom stereocenters. The van der Waals surface area contributed by atoms with Crippen molar-refractivity contribution in [2.24, 2.45) is 7.05 Å². The molecule has 1 aliphatic rings. The number of aromatic nitrogens is 1. The van der Waals surface area contributed by atoms with Crippen LogP contribution in [0.1, 0.15) is 55.1 Å². The molecule has 1 heterocycles. The smallest absolute Gasteiger partial charge is 0.256 e. The number of likely N-dealkylation sites (N-methyl/N-ethyl adjacent to an activating group) is 1. The van der Waals surface area contributed by atoms with Crippen molar-refractivity contribution >= 4 is 5.91 Å². The average molecular weight is 319 g/mol. The highest BCUT2D eigenvalue weighted by molar-refractivity contribution is 5.93. The van der Waals surface area contributed by atoms with Crippen LogP contribution in [0.2, 0.25) is 0 Å². The molecule has 0 saturated heterocycles. The first kappa shape index (κ1) is 17.7. The summed E-state index contributed by atoms with van der Waals surface area (Å²) in [6, 6.07) is 1.52. The molecule has 1 saturated carbocycles. The molecule has 0 aliphatic heterocycles. The number of carbonyl (C=O) groups is 1. The summed E-state index contributed by atoms with van der Waals surface area (Å²) in [7, 11) is 3.97. The predicted molar refractivity (Wildman–Crippen MR) is 92.9 cm³/mol. The number of rotatable bonds is 5. The van der Waals surface area contributed by atoms with Gasteiger partial charge >= 0.3 is 0 Å². The number of aryl methyl sites for hydroxylation is 2. The van der Waals surface area contributed by atoms with Gasteiger partial charge < -0.3 is 9.88 Å². The molecule has 23 heavy (non-hydrogen) atoms. The molecule has 1 aromatic heterocycles. The minimum atomic E-state index is -0.264. The average Bonchev–Trinajstić information content (AvgIpc) is 2.56. The Hall–Kier alpha value is -1.62. The van der Waals surface area contributed by atoms with Crippen LogP contribution >= 0.6 is 0 Å². The van der Waals surface area contributed by atoms with E-state index in [4.69, 9.17) is 0 Å². The van der Waals surface area contributed by atoms with E-state index >= 15 is 0 Å². The van der Waals surface area contributed by atoms with E-state index in [-0.39, 0.29) is 22.4 Å². The van der Waals surface area contributed by atoms with Crippen LogP contribution in [0.15, 0.2) is 17.1 Å². The quantitative estimate of drug-likeness (QED) is 0.904. The van der Waals surface area contributed by atoms with Gasteiger partial charge in [-0.3, -0.25) is 14.5 Å². The van der Waals surface area contributed by atoms with Gasteiger partial charge in [0.1, 0.15) is 5.56 Å². The Morgan fingerprint density at radius 3 is 2.61 bits per heavy atom. The third-order valence-corrected chi connectivity index (χ3v) is 5.38. The Bertz CT molecular complexity index is 615. The zero-order valence-electron chi connectivity index (χ0n) is 14.8. The second-order valence-electron chi connectivity index (χ2n) is 6.79. The van der Waals surface area contributed by atoms with E-state index in [9.17, 15) is 9.59 Å². The van der Waals surface area contributed by atoms with Gasteiger partial charge in [0.15, 0.2) is 5.43 Å². The highest BCUT2D eigenvalue weighted by Gasteiger charge is 2.35. The fourth-order valence-electron chi connectivity index (χ4n) is 3.48. The van der Waals surface area contributed by atoms with Gasteiger partial charge in [-0.05, 0) is 33.4 Å². The predicted octanol–water partition coefficient (Wildman–Crippen LogP) is 2.08. The molecule has 5 heteroatoms. The minimum Gasteiger partial charge on any atom is -0.354 e. The van der Waals surface area contributed by atoms with Crippen LogP contribution in [0, 0.1) is 6.92 Å². The molecule has 0 radical (unpaired) electrons. The number of nitrogens with zero attached hydrogens (tertiary/aromatic N) is 2. The molecular weight excluding hydrogens is 290 g/mol. The number of carbonyl (C=O) groups excluding carboxylic acids is 1. The highest BCUT2D eigenvalue weighted by Crippen LogP contribution is 2.32. The summed E-state index contributed by atoms with van der Waals surface area (Å²) < 4.78 is 1.81. The van der Waals surface area contributed by atoms with Crippen molar-refractivity contribution < 1.29 is 4.79 Å². The van der Waals surface area contributed by atoms with Gasteiger partial charge in [0.25, 0.3) is 5.91 Å². The Kier molecular flexibility index (Phi) is 5.63. The summed E-state index contributed by atoms with van der Waals surface area (Å²) in [6.45, 7) is 5.57. The Morgan fingerprint density at radius 2 is 2.00 bits per heavy atom. The van der Waals surface area contributed by atoms with E-state index < -0.39 is 0 Å². The zero-order valence-corrected chi connectivity index (χ0v) is 14.8. The summed E-state index contributed by atoms with van der Waals surface area (Å²) >= 11 is 0. The van der Waals surface area contributed by atoms with Gasteiger partial charge in [-0.1, -0.05) is 26.2 Å². The van der Waals surface area contributed by atoms with E-state index in [1.807, 2.05) is 18.5 Å². The van der Waals surface area contributed by atoms with E-state index in [2.05, 4.69) is 24.2 Å². The van der Waals surface area contributed by atoms with Crippen LogP contribution in [0.4, 0.5) is 0 Å². The maximum Gasteiger partial charge on any atom is 0.256 e. The molecule has 0 aromatic carbocycles. The third kappa shape index (κ3) is 3.83. The van der Waals surface area contributed by atoms with Crippen molar-refractivity contribution in [1.29, 1.82) is 0 Å². The molecule has 2 rings (SSSR count). The summed E-state index contributed by atoms with van der Waals surface area (Å²) in [4.78, 5) is 26.9. The van der Waals surface area contributed by atoms with Gasteiger partial charge in [-0.15, -0.1) is 0 Å². The molecule has 5 nitrogen and oxygen atoms in total. The second kappa shape index (κ2) is 7.30. The van der Waals surface area contributed by atoms with Crippen molar-refractivity contribution in [2.45, 2.75) is 51.5 Å². The fraction of sp³-hybridized carbons (Fsp3) is 0.667. The standard InChI is InChI=1S/C18H29N3O2/c1-5-21(4)18(9-7-6-8-10-18)13-19-17(23)15-12-20(3)14(2)11-16(15)22/h11-12H,5-10,13H2,1-4H3,(H,19,23). The molecule has 0 spiro atoms. The van der Waals surface area contributed by atoms with Crippen molar-refractivity contribution in [3.05, 3.63) is 33.7 Å². The van der Waals surface area contributed by atoms with Gasteiger partial charge in [0.05, 0.1) is 0 Å². The lowest BCUT2D eigenvalue weighted by Gasteiger charge is -2.44. The van der Waals surface area contributed by atoms with E-state index in [0.29, 0.717) is 6.54 Å². The Morgan fingerprint density at radius 1 is 1.35 bits per heavy atom. The van der Waals surface area contributed by atoms with Gasteiger partial charge in [-0.2, -0.15) is 0 Å². The topological polar surface area (TPSA) is 54.3 Å². The molecule has 1 amide bonds. The van der Waals surface area contributed by atoms with Crippen molar-refractivity contribution in [1.82, 2.24) is 14.8 Å². The minimum absolute atomic E-state index is 0.0264. The Labute approximate surface area is 138 Å². The SMILES string of the molecule is CCN(C)C1(CNC(=O)c2cn(C)c(C)cc2=O)CCCCC1. The van der Waals surface area contributed by atoms with Crippen LogP contribution in [0.5, 0.6) is 0 Å². The Balaban J connectivity index is 2.13. The van der Waals surface area contributed by atoms with E-state index in [1.54, 1.807) is 6.20 Å². The largest absolute Gasteiger partial charge is 0.354 e. The van der Waals surface area contributed by atoms with Gasteiger partial charge in [0.2, 0.25) is 0 Å². The summed E-state index contributed by atoms with van der Waals surface area (Å²) in [5.41, 5.74) is 0.891. The van der Waals surface area contributed by atoms with Crippen LogP contribution in [-0.4, -0.2) is 41.1 Å². The van der Waals surface area contributed by atoms with Crippen LogP contribution < -0.4 is 10.7 Å². The zero-order chi connectivity index (χ0) is 17.0. The monoisotopic (exact) mass is 319 g/mol. The first-order chi connectivity index (χ1) is 10.9. The number of nitrogens with one attached hydrogen (secondary N) is 1. The van der Waals surface area contributed by atoms with Crippen LogP contribution in [0.3, 0.4) is 0 Å². The summed E-state index contributed by atoms with van der Waals surface area (Å²) in [5, 5.41) is 3.02. The van der Waals surface area contributed by atoms with Crippen molar-refractivity contribution in [2.75, 3.05) is 20.1 Å². The summed E-state index contributed by atoms with van der Waals surface area (Å²) in [6.07, 6.45) is 7.50. The number of hydrogen-bond acceptors (Lipinski definition) is 3. The van der Waals surface area contributed by atoms with Crippen molar-refractivity contribution in [3.63, 3.8) is 0 Å². The van der Waals surface area contributed by atoms with Crippen LogP contribution in [-0.2, 0) is 7.05 Å². The first-order valence-electron chi connectivity index (χ1n) is 8.56.